The minimum Gasteiger partial charge on any atom is -0.748 e. The molecule has 0 amide bonds. The first-order valence-electron chi connectivity index (χ1n) is 9.75. The van der Waals surface area contributed by atoms with Crippen molar-refractivity contribution in [1.82, 2.24) is 0 Å². The highest BCUT2D eigenvalue weighted by Crippen LogP contribution is 2.09. The molecule has 0 saturated heterocycles. The molecule has 0 N–H and O–H groups in total. The molecule has 0 saturated carbocycles. The van der Waals surface area contributed by atoms with E-state index in [1.54, 1.807) is 0 Å². The van der Waals surface area contributed by atoms with Crippen LogP contribution in [0.3, 0.4) is 0 Å². The number of hydrogen-bond acceptors (Lipinski definition) is 3. The summed E-state index contributed by atoms with van der Waals surface area (Å²) in [5.74, 6) is 0. The molecule has 1 aromatic rings. The van der Waals surface area contributed by atoms with E-state index in [4.69, 9.17) is 13.0 Å². The maximum absolute atomic E-state index is 9.08. The summed E-state index contributed by atoms with van der Waals surface area (Å²) in [5.41, 5.74) is 1.48. The van der Waals surface area contributed by atoms with Crippen LogP contribution >= 0.6 is 0 Å². The summed E-state index contributed by atoms with van der Waals surface area (Å²) < 4.78 is 29.6. The molecule has 25 heavy (non-hydrogen) atoms. The molecule has 0 bridgehead atoms. The highest BCUT2D eigenvalue weighted by molar-refractivity contribution is 7.84. The van der Waals surface area contributed by atoms with E-state index in [0.717, 1.165) is 0 Å². The maximum atomic E-state index is 9.08. The number of nitrogens with zero attached hydrogens (tertiary/aromatic N) is 1. The van der Waals surface area contributed by atoms with E-state index in [2.05, 4.69) is 42.9 Å². The standard InChI is InChI=1S/C19H34N.CH4O3S/c1-3-5-6-7-8-9-10-11-12-16-20-17-13-15-19(18-20)14-4-2;1-5(2,3)4/h13,15,17-18H,3-12,14,16H2,1-2H3;1H3,(H,2,3,4)/q+1;/p-1. The van der Waals surface area contributed by atoms with E-state index in [1.165, 1.54) is 82.7 Å². The Kier molecular flexibility index (Phi) is 14.7. The number of hydrogen-bond donors (Lipinski definition) is 0. The second kappa shape index (κ2) is 15.3. The van der Waals surface area contributed by atoms with Gasteiger partial charge in [0.1, 0.15) is 6.54 Å². The van der Waals surface area contributed by atoms with Gasteiger partial charge >= 0.3 is 0 Å². The lowest BCUT2D eigenvalue weighted by atomic mass is 10.1. The summed E-state index contributed by atoms with van der Waals surface area (Å²) in [7, 11) is -3.92. The Labute approximate surface area is 155 Å². The molecule has 1 aromatic heterocycles. The van der Waals surface area contributed by atoms with Crippen molar-refractivity contribution in [3.63, 3.8) is 0 Å². The molecule has 1 heterocycles. The third-order valence-electron chi connectivity index (χ3n) is 3.98. The monoisotopic (exact) mass is 371 g/mol. The lowest BCUT2D eigenvalue weighted by Crippen LogP contribution is -2.33. The zero-order chi connectivity index (χ0) is 19.0. The first-order chi connectivity index (χ1) is 11.9. The van der Waals surface area contributed by atoms with E-state index < -0.39 is 10.1 Å². The molecule has 0 spiro atoms. The summed E-state index contributed by atoms with van der Waals surface area (Å²) >= 11 is 0. The topological polar surface area (TPSA) is 61.1 Å². The Morgan fingerprint density at radius 2 is 1.44 bits per heavy atom. The first kappa shape index (κ1) is 24.1. The summed E-state index contributed by atoms with van der Waals surface area (Å²) in [6.07, 6.45) is 20.3. The van der Waals surface area contributed by atoms with Gasteiger partial charge in [0, 0.05) is 24.3 Å². The molecule has 0 atom stereocenters. The third-order valence-corrected chi connectivity index (χ3v) is 3.98. The Morgan fingerprint density at radius 1 is 0.920 bits per heavy atom. The van der Waals surface area contributed by atoms with Crippen LogP contribution in [0, 0.1) is 0 Å². The first-order valence-corrected chi connectivity index (χ1v) is 11.6. The fourth-order valence-corrected chi connectivity index (χ4v) is 2.76. The molecule has 146 valence electrons. The van der Waals surface area contributed by atoms with Crippen molar-refractivity contribution in [2.45, 2.75) is 91.0 Å². The summed E-state index contributed by atoms with van der Waals surface area (Å²) in [4.78, 5) is 0. The van der Waals surface area contributed by atoms with Crippen LogP contribution in [0.1, 0.15) is 83.6 Å². The highest BCUT2D eigenvalue weighted by atomic mass is 32.2. The van der Waals surface area contributed by atoms with E-state index in [9.17, 15) is 0 Å². The maximum Gasteiger partial charge on any atom is 0.171 e. The van der Waals surface area contributed by atoms with Gasteiger partial charge in [0.05, 0.1) is 10.1 Å². The lowest BCUT2D eigenvalue weighted by Gasteiger charge is -2.02. The molecule has 4 nitrogen and oxygen atoms in total. The van der Waals surface area contributed by atoms with Gasteiger partial charge in [-0.2, -0.15) is 0 Å². The van der Waals surface area contributed by atoms with Gasteiger partial charge in [0.15, 0.2) is 12.4 Å². The lowest BCUT2D eigenvalue weighted by molar-refractivity contribution is -0.697. The van der Waals surface area contributed by atoms with Gasteiger partial charge in [0.2, 0.25) is 0 Å². The van der Waals surface area contributed by atoms with Crippen LogP contribution in [-0.2, 0) is 23.1 Å². The molecule has 0 unspecified atom stereocenters. The number of aryl methyl sites for hydroxylation is 2. The number of rotatable bonds is 12. The van der Waals surface area contributed by atoms with Crippen LogP contribution in [0.2, 0.25) is 0 Å². The van der Waals surface area contributed by atoms with E-state index in [0.29, 0.717) is 6.26 Å². The van der Waals surface area contributed by atoms with Gasteiger partial charge < -0.3 is 4.55 Å². The van der Waals surface area contributed by atoms with Crippen LogP contribution in [0.4, 0.5) is 0 Å². The normalized spacial score (nSPS) is 11.0. The molecule has 0 aliphatic heterocycles. The molecule has 0 aliphatic rings. The van der Waals surface area contributed by atoms with Gasteiger partial charge in [-0.05, 0) is 18.9 Å². The Balaban J connectivity index is 0.00000101. The van der Waals surface area contributed by atoms with Crippen molar-refractivity contribution in [1.29, 1.82) is 0 Å². The average molecular weight is 372 g/mol. The van der Waals surface area contributed by atoms with E-state index >= 15 is 0 Å². The van der Waals surface area contributed by atoms with Crippen molar-refractivity contribution in [2.24, 2.45) is 0 Å². The summed E-state index contributed by atoms with van der Waals surface area (Å²) in [6, 6.07) is 4.44. The molecule has 5 heteroatoms. The molecule has 0 aromatic carbocycles. The second-order valence-corrected chi connectivity index (χ2v) is 8.14. The molecule has 0 fully saturated rings. The van der Waals surface area contributed by atoms with Crippen LogP contribution in [0.25, 0.3) is 0 Å². The largest absolute Gasteiger partial charge is 0.748 e. The Bertz CT molecular complexity index is 521. The van der Waals surface area contributed by atoms with Crippen LogP contribution in [0.15, 0.2) is 24.5 Å². The molecular weight excluding hydrogens is 334 g/mol. The summed E-state index contributed by atoms with van der Waals surface area (Å²) in [5, 5.41) is 0. The Morgan fingerprint density at radius 3 is 1.96 bits per heavy atom. The minimum atomic E-state index is -3.92. The Hall–Kier alpha value is -0.940. The zero-order valence-corrected chi connectivity index (χ0v) is 17.2. The fourth-order valence-electron chi connectivity index (χ4n) is 2.76. The molecule has 0 aliphatic carbocycles. The second-order valence-electron chi connectivity index (χ2n) is 6.73. The number of aromatic nitrogens is 1. The average Bonchev–Trinajstić information content (AvgIpc) is 2.52. The van der Waals surface area contributed by atoms with Gasteiger partial charge in [-0.15, -0.1) is 0 Å². The van der Waals surface area contributed by atoms with E-state index in [1.807, 2.05) is 0 Å². The predicted molar refractivity (Wildman–Crippen MR) is 103 cm³/mol. The third kappa shape index (κ3) is 19.2. The summed E-state index contributed by atoms with van der Waals surface area (Å²) in [6.45, 7) is 5.72. The van der Waals surface area contributed by atoms with Crippen LogP contribution < -0.4 is 4.57 Å². The minimum absolute atomic E-state index is 0.604. The van der Waals surface area contributed by atoms with Gasteiger partial charge in [-0.3, -0.25) is 0 Å². The van der Waals surface area contributed by atoms with Gasteiger partial charge in [-0.25, -0.2) is 13.0 Å². The van der Waals surface area contributed by atoms with Gasteiger partial charge in [-0.1, -0.05) is 65.2 Å². The van der Waals surface area contributed by atoms with Crippen molar-refractivity contribution < 1.29 is 17.5 Å². The smallest absolute Gasteiger partial charge is 0.171 e. The van der Waals surface area contributed by atoms with Crippen LogP contribution in [0.5, 0.6) is 0 Å². The number of unbranched alkanes of at least 4 members (excludes halogenated alkanes) is 8. The molecule has 1 rings (SSSR count). The zero-order valence-electron chi connectivity index (χ0n) is 16.4. The fraction of sp³-hybridized carbons (Fsp3) is 0.750. The van der Waals surface area contributed by atoms with Gasteiger partial charge in [0.25, 0.3) is 0 Å². The quantitative estimate of drug-likeness (QED) is 0.306. The number of pyridine rings is 1. The van der Waals surface area contributed by atoms with Crippen LogP contribution in [-0.4, -0.2) is 19.2 Å². The van der Waals surface area contributed by atoms with Crippen molar-refractivity contribution in [2.75, 3.05) is 6.26 Å². The SMILES string of the molecule is CCCCCCCCCCC[n+]1cccc(CCC)c1.CS(=O)(=O)[O-]. The molecular formula is C20H37NO3S. The van der Waals surface area contributed by atoms with Crippen molar-refractivity contribution in [3.8, 4) is 0 Å². The highest BCUT2D eigenvalue weighted by Gasteiger charge is 2.02. The van der Waals surface area contributed by atoms with E-state index in [-0.39, 0.29) is 0 Å². The van der Waals surface area contributed by atoms with Crippen molar-refractivity contribution >= 4 is 10.1 Å². The predicted octanol–water partition coefficient (Wildman–Crippen LogP) is 4.62. The van der Waals surface area contributed by atoms with Crippen molar-refractivity contribution in [3.05, 3.63) is 30.1 Å². The molecule has 0 radical (unpaired) electrons.